The summed E-state index contributed by atoms with van der Waals surface area (Å²) in [6.45, 7) is 9.03. The predicted octanol–water partition coefficient (Wildman–Crippen LogP) is 4.73. The maximum Gasteiger partial charge on any atom is 0.251 e. The van der Waals surface area contributed by atoms with Crippen molar-refractivity contribution in [2.75, 3.05) is 20.1 Å². The van der Waals surface area contributed by atoms with Gasteiger partial charge >= 0.3 is 0 Å². The van der Waals surface area contributed by atoms with Crippen LogP contribution in [0.15, 0.2) is 51.8 Å². The maximum atomic E-state index is 13.2. The molecule has 1 aromatic carbocycles. The van der Waals surface area contributed by atoms with Crippen LogP contribution < -0.4 is 16.4 Å². The Hall–Kier alpha value is -3.84. The quantitative estimate of drug-likeness (QED) is 0.0932. The smallest absolute Gasteiger partial charge is 0.251 e. The number of amides is 2. The lowest BCUT2D eigenvalue weighted by Crippen LogP contribution is -2.52. The van der Waals surface area contributed by atoms with Crippen molar-refractivity contribution in [3.63, 3.8) is 0 Å². The molecule has 3 atom stereocenters. The number of fused-ring (bicyclic) bond motifs is 1. The zero-order valence-corrected chi connectivity index (χ0v) is 25.7. The van der Waals surface area contributed by atoms with E-state index in [9.17, 15) is 14.9 Å². The maximum absolute atomic E-state index is 13.2. The molecular formula is C32H46N8O2. The summed E-state index contributed by atoms with van der Waals surface area (Å²) < 4.78 is 0. The fraction of sp³-hybridized carbons (Fsp3) is 0.562. The summed E-state index contributed by atoms with van der Waals surface area (Å²) in [5, 5.41) is 23.2. The molecule has 2 aliphatic rings. The third-order valence-electron chi connectivity index (χ3n) is 8.81. The zero-order chi connectivity index (χ0) is 30.9. The van der Waals surface area contributed by atoms with Crippen LogP contribution in [-0.2, 0) is 16.6 Å². The number of carbonyl (C=O) groups is 2. The van der Waals surface area contributed by atoms with Crippen LogP contribution in [0.25, 0.3) is 0 Å². The Kier molecular flexibility index (Phi) is 11.6. The number of nitriles is 1. The molecule has 1 heterocycles. The molecule has 1 saturated heterocycles. The molecule has 0 radical (unpaired) electrons. The van der Waals surface area contributed by atoms with Crippen LogP contribution in [0, 0.1) is 22.8 Å². The molecule has 0 saturated carbocycles. The number of aryl methyl sites for hydroxylation is 1. The second-order valence-electron chi connectivity index (χ2n) is 11.5. The largest absolute Gasteiger partial charge is 0.385 e. The Morgan fingerprint density at radius 2 is 2.10 bits per heavy atom. The van der Waals surface area contributed by atoms with Gasteiger partial charge in [0.15, 0.2) is 0 Å². The van der Waals surface area contributed by atoms with Crippen molar-refractivity contribution >= 4 is 17.6 Å². The second-order valence-corrected chi connectivity index (χ2v) is 11.5. The first kappa shape index (κ1) is 32.7. The minimum Gasteiger partial charge on any atom is -0.385 e. The summed E-state index contributed by atoms with van der Waals surface area (Å²) in [4.78, 5) is 27.5. The van der Waals surface area contributed by atoms with E-state index in [1.54, 1.807) is 11.9 Å². The van der Waals surface area contributed by atoms with Crippen LogP contribution in [-0.4, -0.2) is 54.8 Å². The molecule has 5 N–H and O–H groups in total. The Morgan fingerprint density at radius 3 is 2.71 bits per heavy atom. The highest BCUT2D eigenvalue weighted by molar-refractivity contribution is 5.97. The first-order valence-corrected chi connectivity index (χ1v) is 15.0. The summed E-state index contributed by atoms with van der Waals surface area (Å²) in [6, 6.07) is 7.45. The fourth-order valence-corrected chi connectivity index (χ4v) is 6.60. The van der Waals surface area contributed by atoms with Gasteiger partial charge in [-0.15, -0.1) is 5.10 Å². The molecule has 1 fully saturated rings. The van der Waals surface area contributed by atoms with Gasteiger partial charge in [0.25, 0.3) is 5.91 Å². The van der Waals surface area contributed by atoms with Gasteiger partial charge in [0.2, 0.25) is 5.91 Å². The molecule has 0 bridgehead atoms. The molecule has 2 unspecified atom stereocenters. The van der Waals surface area contributed by atoms with Gasteiger partial charge in [-0.1, -0.05) is 55.4 Å². The lowest BCUT2D eigenvalue weighted by Gasteiger charge is -2.41. The molecule has 42 heavy (non-hydrogen) atoms. The predicted molar refractivity (Wildman–Crippen MR) is 165 cm³/mol. The number of rotatable bonds is 12. The van der Waals surface area contributed by atoms with Gasteiger partial charge in [0, 0.05) is 25.2 Å². The molecule has 2 amide bonds. The van der Waals surface area contributed by atoms with E-state index in [1.165, 1.54) is 5.57 Å². The highest BCUT2D eigenvalue weighted by atomic mass is 16.2. The van der Waals surface area contributed by atoms with Gasteiger partial charge in [-0.2, -0.15) is 10.8 Å². The topological polar surface area (TPSA) is 160 Å². The molecule has 226 valence electrons. The summed E-state index contributed by atoms with van der Waals surface area (Å²) in [7, 11) is 1.62. The van der Waals surface area contributed by atoms with Crippen molar-refractivity contribution in [1.29, 1.82) is 10.8 Å². The van der Waals surface area contributed by atoms with Crippen molar-refractivity contribution in [2.24, 2.45) is 22.0 Å². The molecular weight excluding hydrogens is 528 g/mol. The zero-order valence-electron chi connectivity index (χ0n) is 25.7. The van der Waals surface area contributed by atoms with E-state index in [0.717, 1.165) is 42.4 Å². The molecule has 1 aromatic rings. The summed E-state index contributed by atoms with van der Waals surface area (Å²) in [6.07, 6.45) is 9.19. The van der Waals surface area contributed by atoms with Crippen molar-refractivity contribution in [3.05, 3.63) is 58.2 Å². The molecule has 10 heteroatoms. The average molecular weight is 575 g/mol. The highest BCUT2D eigenvalue weighted by Gasteiger charge is 2.46. The molecule has 1 aliphatic heterocycles. The van der Waals surface area contributed by atoms with Crippen molar-refractivity contribution in [2.45, 2.75) is 90.1 Å². The number of carbonyl (C=O) groups excluding carboxylic acids is 2. The first-order chi connectivity index (χ1) is 20.2. The number of hydrogen-bond donors (Lipinski definition) is 4. The highest BCUT2D eigenvalue weighted by Crippen LogP contribution is 2.47. The van der Waals surface area contributed by atoms with Crippen LogP contribution in [0.4, 0.5) is 0 Å². The average Bonchev–Trinajstić information content (AvgIpc) is 3.43. The summed E-state index contributed by atoms with van der Waals surface area (Å²) in [5.41, 5.74) is 18.5. The number of nitrogens with one attached hydrogen (secondary N) is 3. The van der Waals surface area contributed by atoms with Gasteiger partial charge < -0.3 is 21.3 Å². The van der Waals surface area contributed by atoms with Crippen molar-refractivity contribution in [1.82, 2.24) is 15.5 Å². The third-order valence-corrected chi connectivity index (χ3v) is 8.81. The molecule has 0 aromatic heterocycles. The monoisotopic (exact) mass is 574 g/mol. The summed E-state index contributed by atoms with van der Waals surface area (Å²) in [5.74, 6) is 0.102. The Morgan fingerprint density at radius 1 is 1.33 bits per heavy atom. The molecule has 3 rings (SSSR count). The van der Waals surface area contributed by atoms with Gasteiger partial charge in [-0.25, -0.2) is 0 Å². The Labute approximate surface area is 250 Å². The van der Waals surface area contributed by atoms with E-state index < -0.39 is 5.41 Å². The number of likely N-dealkylation sites (tertiary alicyclic amines) is 1. The number of amidine groups is 1. The SMILES string of the molecule is C/C=C/CC1=C(CC)C(C[C@H](NCC(=O)N2CCCC2C#N)C(C)C)(C(N)=NN=N)c2ccc(C(=O)NC)cc2CC1. The number of hydrogen-bond acceptors (Lipinski definition) is 6. The Balaban J connectivity index is 2.18. The van der Waals surface area contributed by atoms with E-state index in [2.05, 4.69) is 53.9 Å². The molecule has 0 spiro atoms. The number of allylic oxidation sites excluding steroid dienone is 3. The van der Waals surface area contributed by atoms with Gasteiger partial charge in [0.05, 0.1) is 18.0 Å². The van der Waals surface area contributed by atoms with Gasteiger partial charge in [-0.3, -0.25) is 9.59 Å². The van der Waals surface area contributed by atoms with Crippen molar-refractivity contribution < 1.29 is 9.59 Å². The lowest BCUT2D eigenvalue weighted by atomic mass is 9.65. The van der Waals surface area contributed by atoms with Crippen LogP contribution in [0.2, 0.25) is 0 Å². The minimum absolute atomic E-state index is 0.0851. The summed E-state index contributed by atoms with van der Waals surface area (Å²) >= 11 is 0. The standard InChI is InChI=1S/C32H46N8O2/c1-6-8-10-22-12-13-23-17-24(30(42)36-5)14-15-27(23)32(26(22)7-2,31(34)38-39-35)18-28(21(3)4)37-20-29(41)40-16-9-11-25(40)19-33/h6,8,14-15,17,21,25,28,37H,7,9-13,16,18,20H2,1-5H3,(H,36,42)(H3,34,35,38)/b8-6+/t25?,28-,32?/m0/s1. The normalized spacial score (nSPS) is 21.7. The number of benzene rings is 1. The van der Waals surface area contributed by atoms with Crippen LogP contribution >= 0.6 is 0 Å². The van der Waals surface area contributed by atoms with Crippen LogP contribution in [0.1, 0.15) is 87.7 Å². The molecule has 10 nitrogen and oxygen atoms in total. The van der Waals surface area contributed by atoms with Crippen molar-refractivity contribution in [3.8, 4) is 6.07 Å². The second kappa shape index (κ2) is 14.9. The Bertz CT molecular complexity index is 1290. The first-order valence-electron chi connectivity index (χ1n) is 15.0. The van der Waals surface area contributed by atoms with E-state index in [-0.39, 0.29) is 42.2 Å². The van der Waals surface area contributed by atoms with E-state index in [1.807, 2.05) is 31.2 Å². The van der Waals surface area contributed by atoms with E-state index in [0.29, 0.717) is 31.4 Å². The van der Waals surface area contributed by atoms with Gasteiger partial charge in [-0.05, 0) is 81.0 Å². The lowest BCUT2D eigenvalue weighted by molar-refractivity contribution is -0.130. The van der Waals surface area contributed by atoms with Crippen LogP contribution in [0.3, 0.4) is 0 Å². The van der Waals surface area contributed by atoms with Gasteiger partial charge in [0.1, 0.15) is 11.9 Å². The third kappa shape index (κ3) is 6.79. The van der Waals surface area contributed by atoms with E-state index >= 15 is 0 Å². The number of nitrogens with two attached hydrogens (primary N) is 1. The fourth-order valence-electron chi connectivity index (χ4n) is 6.60. The minimum atomic E-state index is -0.906. The van der Waals surface area contributed by atoms with E-state index in [4.69, 9.17) is 11.3 Å². The number of nitrogens with zero attached hydrogens (tertiary/aromatic N) is 4. The van der Waals surface area contributed by atoms with Crippen LogP contribution in [0.5, 0.6) is 0 Å². The molecule has 1 aliphatic carbocycles.